The fourth-order valence-corrected chi connectivity index (χ4v) is 5.65. The highest BCUT2D eigenvalue weighted by atomic mass is 16.5. The molecular formula is C30H39N7O5. The topological polar surface area (TPSA) is 146 Å². The molecule has 2 aliphatic heterocycles. The van der Waals surface area contributed by atoms with Crippen molar-refractivity contribution in [2.45, 2.75) is 71.4 Å². The van der Waals surface area contributed by atoms with Gasteiger partial charge in [-0.1, -0.05) is 6.07 Å². The molecule has 3 aromatic rings. The predicted octanol–water partition coefficient (Wildman–Crippen LogP) is 2.31. The molecule has 0 radical (unpaired) electrons. The lowest BCUT2D eigenvalue weighted by Crippen LogP contribution is -2.47. The van der Waals surface area contributed by atoms with Crippen LogP contribution in [0.5, 0.6) is 5.75 Å². The van der Waals surface area contributed by atoms with Crippen LogP contribution in [0, 0.1) is 6.92 Å². The monoisotopic (exact) mass is 577 g/mol. The Morgan fingerprint density at radius 1 is 1.19 bits per heavy atom. The number of carbonyl (C=O) groups is 2. The summed E-state index contributed by atoms with van der Waals surface area (Å²) in [5, 5.41) is 16.8. The number of aliphatic hydroxyl groups excluding tert-OH is 1. The van der Waals surface area contributed by atoms with Crippen LogP contribution in [-0.4, -0.2) is 86.0 Å². The first-order chi connectivity index (χ1) is 20.2. The third kappa shape index (κ3) is 7.42. The molecule has 0 saturated carbocycles. The second-order valence-electron chi connectivity index (χ2n) is 11.1. The fraction of sp³-hybridized carbons (Fsp3) is 0.500. The number of rotatable bonds is 10. The molecule has 0 aliphatic carbocycles. The number of aryl methyl sites for hydroxylation is 1. The highest BCUT2D eigenvalue weighted by molar-refractivity contribution is 5.92. The van der Waals surface area contributed by atoms with Crippen LogP contribution in [0.1, 0.15) is 59.8 Å². The summed E-state index contributed by atoms with van der Waals surface area (Å²) in [6.07, 6.45) is 4.51. The number of hydrogen-bond donors (Lipinski definition) is 3. The number of anilines is 1. The molecule has 42 heavy (non-hydrogen) atoms. The number of nitrogens with one attached hydrogen (secondary N) is 2. The van der Waals surface area contributed by atoms with Crippen LogP contribution in [-0.2, 0) is 24.4 Å². The smallest absolute Gasteiger partial charge is 0.270 e. The molecule has 2 amide bonds. The molecule has 1 saturated heterocycles. The maximum absolute atomic E-state index is 12.8. The number of aliphatic hydroxyl groups is 1. The predicted molar refractivity (Wildman–Crippen MR) is 155 cm³/mol. The van der Waals surface area contributed by atoms with Crippen molar-refractivity contribution < 1.29 is 23.8 Å². The molecular weight excluding hydrogens is 538 g/mol. The number of likely N-dealkylation sites (tertiary alicyclic amines) is 1. The van der Waals surface area contributed by atoms with Gasteiger partial charge in [-0.25, -0.2) is 15.0 Å². The Morgan fingerprint density at radius 2 is 2.05 bits per heavy atom. The van der Waals surface area contributed by atoms with E-state index in [4.69, 9.17) is 9.15 Å². The summed E-state index contributed by atoms with van der Waals surface area (Å²) in [7, 11) is 0. The highest BCUT2D eigenvalue weighted by Gasteiger charge is 2.27. The van der Waals surface area contributed by atoms with Crippen molar-refractivity contribution >= 4 is 17.6 Å². The molecule has 3 N–H and O–H groups in total. The minimum atomic E-state index is -0.726. The van der Waals surface area contributed by atoms with Crippen molar-refractivity contribution in [2.24, 2.45) is 0 Å². The van der Waals surface area contributed by atoms with Gasteiger partial charge in [0, 0.05) is 57.8 Å². The summed E-state index contributed by atoms with van der Waals surface area (Å²) in [6.45, 7) is 8.61. The number of β-amino-alcohol motifs (C(OH)–C–C–N with tert-alkyl or cyclic N) is 1. The molecule has 2 aliphatic rings. The van der Waals surface area contributed by atoms with Gasteiger partial charge in [-0.2, -0.15) is 0 Å². The summed E-state index contributed by atoms with van der Waals surface area (Å²) in [4.78, 5) is 41.0. The van der Waals surface area contributed by atoms with Crippen LogP contribution in [0.25, 0.3) is 0 Å². The van der Waals surface area contributed by atoms with Crippen molar-refractivity contribution in [1.82, 2.24) is 30.1 Å². The van der Waals surface area contributed by atoms with E-state index in [1.54, 1.807) is 13.0 Å². The Labute approximate surface area is 245 Å². The zero-order valence-corrected chi connectivity index (χ0v) is 24.4. The van der Waals surface area contributed by atoms with E-state index in [1.807, 2.05) is 24.8 Å². The number of aromatic nitrogens is 3. The highest BCUT2D eigenvalue weighted by Crippen LogP contribution is 2.25. The second-order valence-corrected chi connectivity index (χ2v) is 11.1. The van der Waals surface area contributed by atoms with E-state index in [0.29, 0.717) is 37.8 Å². The lowest BCUT2D eigenvalue weighted by atomic mass is 9.98. The molecule has 3 atom stereocenters. The van der Waals surface area contributed by atoms with E-state index in [0.717, 1.165) is 37.3 Å². The standard InChI is InChI=1S/C30H39N7O5/c1-19-10-24(7-9-37(19)21(3)38)35-29-12-27(32-17-33-29)30(40)31-13-25(39)15-36-8-6-22-11-26(5-4-23(22)14-36)41-16-28-20(2)34-18-42-28/h4-5,11-12,17-19,24-25,39H,6-10,13-16H2,1-3H3,(H,31,40)(H,32,33,35)/t19-,24?,25+/m1/s1. The summed E-state index contributed by atoms with van der Waals surface area (Å²) < 4.78 is 11.2. The maximum Gasteiger partial charge on any atom is 0.270 e. The summed E-state index contributed by atoms with van der Waals surface area (Å²) in [5.41, 5.74) is 3.49. The van der Waals surface area contributed by atoms with Gasteiger partial charge in [0.1, 0.15) is 30.2 Å². The quantitative estimate of drug-likeness (QED) is 0.328. The zero-order valence-electron chi connectivity index (χ0n) is 24.4. The van der Waals surface area contributed by atoms with E-state index in [1.165, 1.54) is 23.8 Å². The third-order valence-electron chi connectivity index (χ3n) is 7.98. The van der Waals surface area contributed by atoms with Gasteiger partial charge >= 0.3 is 0 Å². The van der Waals surface area contributed by atoms with Crippen molar-refractivity contribution in [3.63, 3.8) is 0 Å². The van der Waals surface area contributed by atoms with E-state index in [9.17, 15) is 14.7 Å². The lowest BCUT2D eigenvalue weighted by molar-refractivity contribution is -0.132. The average Bonchev–Trinajstić information content (AvgIpc) is 3.39. The molecule has 5 rings (SSSR count). The van der Waals surface area contributed by atoms with Gasteiger partial charge in [-0.3, -0.25) is 14.5 Å². The first kappa shape index (κ1) is 29.5. The molecule has 1 unspecified atom stereocenters. The third-order valence-corrected chi connectivity index (χ3v) is 7.98. The molecule has 12 nitrogen and oxygen atoms in total. The van der Waals surface area contributed by atoms with Gasteiger partial charge in [0.2, 0.25) is 5.91 Å². The minimum Gasteiger partial charge on any atom is -0.486 e. The Bertz CT molecular complexity index is 1400. The van der Waals surface area contributed by atoms with Crippen molar-refractivity contribution in [3.8, 4) is 5.75 Å². The normalized spacial score (nSPS) is 19.6. The number of hydrogen-bond acceptors (Lipinski definition) is 10. The maximum atomic E-state index is 12.8. The zero-order chi connectivity index (χ0) is 29.6. The van der Waals surface area contributed by atoms with Crippen LogP contribution in [0.3, 0.4) is 0 Å². The first-order valence-electron chi connectivity index (χ1n) is 14.4. The number of nitrogens with zero attached hydrogens (tertiary/aromatic N) is 5. The molecule has 12 heteroatoms. The molecule has 0 bridgehead atoms. The molecule has 4 heterocycles. The number of amides is 2. The van der Waals surface area contributed by atoms with Gasteiger partial charge in [0.05, 0.1) is 11.8 Å². The Hall–Kier alpha value is -4.03. The number of fused-ring (bicyclic) bond motifs is 1. The number of oxazole rings is 1. The molecule has 1 aromatic carbocycles. The van der Waals surface area contributed by atoms with Crippen molar-refractivity contribution in [3.05, 3.63) is 65.3 Å². The SMILES string of the molecule is CC(=O)N1CCC(Nc2cc(C(=O)NC[C@H](O)CN3CCc4cc(OCc5ocnc5C)ccc4C3)ncn2)C[C@H]1C. The summed E-state index contributed by atoms with van der Waals surface area (Å²) in [6, 6.07) is 7.99. The number of ether oxygens (including phenoxy) is 1. The van der Waals surface area contributed by atoms with Crippen LogP contribution >= 0.6 is 0 Å². The fourth-order valence-electron chi connectivity index (χ4n) is 5.65. The van der Waals surface area contributed by atoms with Gasteiger partial charge in [-0.15, -0.1) is 0 Å². The summed E-state index contributed by atoms with van der Waals surface area (Å²) >= 11 is 0. The van der Waals surface area contributed by atoms with E-state index in [-0.39, 0.29) is 36.1 Å². The summed E-state index contributed by atoms with van der Waals surface area (Å²) in [5.74, 6) is 1.80. The van der Waals surface area contributed by atoms with Crippen LogP contribution in [0.15, 0.2) is 41.4 Å². The molecule has 1 fully saturated rings. The second kappa shape index (κ2) is 13.3. The van der Waals surface area contributed by atoms with Crippen LogP contribution in [0.4, 0.5) is 5.82 Å². The molecule has 224 valence electrons. The number of benzene rings is 1. The molecule has 2 aromatic heterocycles. The number of piperidine rings is 1. The number of carbonyl (C=O) groups excluding carboxylic acids is 2. The van der Waals surface area contributed by atoms with Crippen molar-refractivity contribution in [1.29, 1.82) is 0 Å². The Kier molecular flexibility index (Phi) is 9.33. The molecule has 0 spiro atoms. The van der Waals surface area contributed by atoms with Crippen molar-refractivity contribution in [2.75, 3.05) is 31.5 Å². The van der Waals surface area contributed by atoms with E-state index >= 15 is 0 Å². The van der Waals surface area contributed by atoms with Gasteiger partial charge in [0.25, 0.3) is 5.91 Å². The van der Waals surface area contributed by atoms with E-state index in [2.05, 4.69) is 42.6 Å². The largest absolute Gasteiger partial charge is 0.486 e. The average molecular weight is 578 g/mol. The minimum absolute atomic E-state index is 0.0872. The van der Waals surface area contributed by atoms with Gasteiger partial charge < -0.3 is 29.8 Å². The first-order valence-corrected chi connectivity index (χ1v) is 14.4. The Balaban J connectivity index is 1.06. The van der Waals surface area contributed by atoms with Gasteiger partial charge in [-0.05, 0) is 56.4 Å². The van der Waals surface area contributed by atoms with Crippen LogP contribution in [0.2, 0.25) is 0 Å². The van der Waals surface area contributed by atoms with Gasteiger partial charge in [0.15, 0.2) is 12.2 Å². The van der Waals surface area contributed by atoms with E-state index < -0.39 is 6.10 Å². The Morgan fingerprint density at radius 3 is 2.81 bits per heavy atom. The van der Waals surface area contributed by atoms with Crippen LogP contribution < -0.4 is 15.4 Å². The lowest BCUT2D eigenvalue weighted by Gasteiger charge is -2.37.